The standard InChI is InChI=1S/C14H30N2O2S/c1-3-16(10-7-11-19(17,18)4-2)14-9-6-5-8-13(14)12-15/h13-14H,3-12,15H2,1-2H3. The van der Waals surface area contributed by atoms with Crippen LogP contribution in [0.1, 0.15) is 46.0 Å². The first-order chi connectivity index (χ1) is 9.04. The topological polar surface area (TPSA) is 63.4 Å². The summed E-state index contributed by atoms with van der Waals surface area (Å²) in [5.74, 6) is 1.17. The molecule has 0 radical (unpaired) electrons. The van der Waals surface area contributed by atoms with Gasteiger partial charge in [-0.25, -0.2) is 8.42 Å². The first-order valence-corrected chi connectivity index (χ1v) is 9.50. The van der Waals surface area contributed by atoms with Crippen molar-refractivity contribution in [2.75, 3.05) is 31.1 Å². The van der Waals surface area contributed by atoms with Crippen molar-refractivity contribution in [3.8, 4) is 0 Å². The Morgan fingerprint density at radius 1 is 1.21 bits per heavy atom. The molecule has 2 unspecified atom stereocenters. The van der Waals surface area contributed by atoms with Crippen LogP contribution in [-0.2, 0) is 9.84 Å². The predicted molar refractivity (Wildman–Crippen MR) is 81.0 cm³/mol. The van der Waals surface area contributed by atoms with E-state index in [9.17, 15) is 8.42 Å². The fraction of sp³-hybridized carbons (Fsp3) is 1.00. The van der Waals surface area contributed by atoms with Crippen LogP contribution in [0.4, 0.5) is 0 Å². The largest absolute Gasteiger partial charge is 0.330 e. The third kappa shape index (κ3) is 5.40. The van der Waals surface area contributed by atoms with E-state index in [1.807, 2.05) is 0 Å². The number of sulfone groups is 1. The zero-order valence-electron chi connectivity index (χ0n) is 12.5. The Morgan fingerprint density at radius 2 is 1.89 bits per heavy atom. The third-order valence-electron chi connectivity index (χ3n) is 4.39. The van der Waals surface area contributed by atoms with E-state index in [0.717, 1.165) is 26.1 Å². The fourth-order valence-corrected chi connectivity index (χ4v) is 3.99. The second-order valence-corrected chi connectivity index (χ2v) is 8.04. The summed E-state index contributed by atoms with van der Waals surface area (Å²) in [6, 6.07) is 0.563. The van der Waals surface area contributed by atoms with Crippen molar-refractivity contribution < 1.29 is 8.42 Å². The fourth-order valence-electron chi connectivity index (χ4n) is 3.13. The minimum Gasteiger partial charge on any atom is -0.330 e. The van der Waals surface area contributed by atoms with Crippen LogP contribution < -0.4 is 5.73 Å². The first kappa shape index (κ1) is 16.9. The van der Waals surface area contributed by atoms with E-state index in [1.54, 1.807) is 6.92 Å². The van der Waals surface area contributed by atoms with Crippen molar-refractivity contribution >= 4 is 9.84 Å². The highest BCUT2D eigenvalue weighted by molar-refractivity contribution is 7.91. The summed E-state index contributed by atoms with van der Waals surface area (Å²) < 4.78 is 23.1. The SMILES string of the molecule is CCN(CCCS(=O)(=O)CC)C1CCCCC1CN. The molecule has 5 heteroatoms. The van der Waals surface area contributed by atoms with Gasteiger partial charge < -0.3 is 10.6 Å². The van der Waals surface area contributed by atoms with E-state index in [0.29, 0.717) is 17.7 Å². The summed E-state index contributed by atoms with van der Waals surface area (Å²) in [6.45, 7) is 6.52. The second-order valence-electron chi connectivity index (χ2n) is 5.57. The lowest BCUT2D eigenvalue weighted by Crippen LogP contribution is -2.45. The van der Waals surface area contributed by atoms with Crippen molar-refractivity contribution in [2.45, 2.75) is 52.0 Å². The Kier molecular flexibility index (Phi) is 7.32. The maximum Gasteiger partial charge on any atom is 0.150 e. The molecule has 0 bridgehead atoms. The lowest BCUT2D eigenvalue weighted by molar-refractivity contribution is 0.112. The summed E-state index contributed by atoms with van der Waals surface area (Å²) in [4.78, 5) is 2.45. The molecule has 1 aliphatic rings. The van der Waals surface area contributed by atoms with Crippen molar-refractivity contribution in [1.82, 2.24) is 4.90 Å². The average Bonchev–Trinajstić information content (AvgIpc) is 2.43. The van der Waals surface area contributed by atoms with Gasteiger partial charge in [-0.15, -0.1) is 0 Å². The van der Waals surface area contributed by atoms with Crippen LogP contribution in [0, 0.1) is 5.92 Å². The van der Waals surface area contributed by atoms with Gasteiger partial charge in [0, 0.05) is 11.8 Å². The summed E-state index contributed by atoms with van der Waals surface area (Å²) in [6.07, 6.45) is 5.77. The molecule has 0 aliphatic heterocycles. The molecule has 114 valence electrons. The number of nitrogens with two attached hydrogens (primary N) is 1. The van der Waals surface area contributed by atoms with E-state index < -0.39 is 9.84 Å². The molecule has 1 saturated carbocycles. The van der Waals surface area contributed by atoms with E-state index in [2.05, 4.69) is 11.8 Å². The molecule has 0 spiro atoms. The van der Waals surface area contributed by atoms with E-state index in [-0.39, 0.29) is 5.75 Å². The number of hydrogen-bond donors (Lipinski definition) is 1. The molecule has 2 atom stereocenters. The highest BCUT2D eigenvalue weighted by Crippen LogP contribution is 2.27. The molecule has 0 saturated heterocycles. The van der Waals surface area contributed by atoms with Gasteiger partial charge in [0.2, 0.25) is 0 Å². The molecule has 4 nitrogen and oxygen atoms in total. The van der Waals surface area contributed by atoms with Crippen LogP contribution in [0.5, 0.6) is 0 Å². The quantitative estimate of drug-likeness (QED) is 0.738. The zero-order valence-corrected chi connectivity index (χ0v) is 13.3. The van der Waals surface area contributed by atoms with Crippen LogP contribution in [-0.4, -0.2) is 50.5 Å². The smallest absolute Gasteiger partial charge is 0.150 e. The first-order valence-electron chi connectivity index (χ1n) is 7.68. The molecule has 0 aromatic rings. The Morgan fingerprint density at radius 3 is 2.47 bits per heavy atom. The number of hydrogen-bond acceptors (Lipinski definition) is 4. The maximum atomic E-state index is 11.5. The van der Waals surface area contributed by atoms with Crippen LogP contribution in [0.3, 0.4) is 0 Å². The van der Waals surface area contributed by atoms with Gasteiger partial charge in [-0.05, 0) is 44.8 Å². The lowest BCUT2D eigenvalue weighted by Gasteiger charge is -2.39. The summed E-state index contributed by atoms with van der Waals surface area (Å²) in [5, 5.41) is 0. The van der Waals surface area contributed by atoms with Gasteiger partial charge in [-0.1, -0.05) is 26.7 Å². The molecule has 0 heterocycles. The van der Waals surface area contributed by atoms with Gasteiger partial charge in [-0.2, -0.15) is 0 Å². The van der Waals surface area contributed by atoms with Gasteiger partial charge in [0.05, 0.1) is 5.75 Å². The Balaban J connectivity index is 2.48. The number of nitrogens with zero attached hydrogens (tertiary/aromatic N) is 1. The molecule has 1 aliphatic carbocycles. The summed E-state index contributed by atoms with van der Waals surface area (Å²) in [5.41, 5.74) is 5.88. The third-order valence-corrected chi connectivity index (χ3v) is 6.18. The maximum absolute atomic E-state index is 11.5. The highest BCUT2D eigenvalue weighted by atomic mass is 32.2. The minimum absolute atomic E-state index is 0.258. The molecule has 1 rings (SSSR count). The molecule has 0 amide bonds. The van der Waals surface area contributed by atoms with Gasteiger partial charge in [-0.3, -0.25) is 0 Å². The summed E-state index contributed by atoms with van der Waals surface area (Å²) in [7, 11) is -2.82. The molecule has 0 aromatic carbocycles. The van der Waals surface area contributed by atoms with Gasteiger partial charge in [0.25, 0.3) is 0 Å². The monoisotopic (exact) mass is 290 g/mol. The van der Waals surface area contributed by atoms with Crippen molar-refractivity contribution in [3.05, 3.63) is 0 Å². The van der Waals surface area contributed by atoms with E-state index in [4.69, 9.17) is 5.73 Å². The predicted octanol–water partition coefficient (Wildman–Crippen LogP) is 1.65. The lowest BCUT2D eigenvalue weighted by atomic mass is 9.83. The van der Waals surface area contributed by atoms with E-state index in [1.165, 1.54) is 25.7 Å². The normalized spacial score (nSPS) is 24.8. The Bertz CT molecular complexity index is 343. The molecule has 0 aromatic heterocycles. The second kappa shape index (κ2) is 8.22. The van der Waals surface area contributed by atoms with Gasteiger partial charge in [0.1, 0.15) is 9.84 Å². The van der Waals surface area contributed by atoms with E-state index >= 15 is 0 Å². The molecular weight excluding hydrogens is 260 g/mol. The zero-order chi connectivity index (χ0) is 14.3. The molecule has 1 fully saturated rings. The molecular formula is C14H30N2O2S. The van der Waals surface area contributed by atoms with Gasteiger partial charge in [0.15, 0.2) is 0 Å². The van der Waals surface area contributed by atoms with Crippen molar-refractivity contribution in [2.24, 2.45) is 11.7 Å². The van der Waals surface area contributed by atoms with Crippen molar-refractivity contribution in [3.63, 3.8) is 0 Å². The molecule has 2 N–H and O–H groups in total. The Labute approximate surface area is 118 Å². The van der Waals surface area contributed by atoms with Crippen molar-refractivity contribution in [1.29, 1.82) is 0 Å². The van der Waals surface area contributed by atoms with Gasteiger partial charge >= 0.3 is 0 Å². The minimum atomic E-state index is -2.82. The Hall–Kier alpha value is -0.130. The highest BCUT2D eigenvalue weighted by Gasteiger charge is 2.28. The average molecular weight is 290 g/mol. The van der Waals surface area contributed by atoms with Crippen LogP contribution in [0.15, 0.2) is 0 Å². The van der Waals surface area contributed by atoms with Crippen LogP contribution in [0.25, 0.3) is 0 Å². The number of rotatable bonds is 8. The molecule has 19 heavy (non-hydrogen) atoms. The van der Waals surface area contributed by atoms with Crippen LogP contribution in [0.2, 0.25) is 0 Å². The van der Waals surface area contributed by atoms with Crippen LogP contribution >= 0.6 is 0 Å². The summed E-state index contributed by atoms with van der Waals surface area (Å²) >= 11 is 0.